The number of benzene rings is 2. The lowest BCUT2D eigenvalue weighted by molar-refractivity contribution is -0.385. The normalized spacial score (nSPS) is 10.9. The maximum atomic E-state index is 12.2. The van der Waals surface area contributed by atoms with Crippen LogP contribution in [-0.2, 0) is 0 Å². The van der Waals surface area contributed by atoms with Crippen LogP contribution >= 0.6 is 0 Å². The fourth-order valence-corrected chi connectivity index (χ4v) is 2.14. The van der Waals surface area contributed by atoms with Crippen molar-refractivity contribution >= 4 is 17.1 Å². The van der Waals surface area contributed by atoms with Crippen molar-refractivity contribution in [3.63, 3.8) is 0 Å². The molecule has 0 spiro atoms. The van der Waals surface area contributed by atoms with Crippen LogP contribution in [0.1, 0.15) is 30.9 Å². The highest BCUT2D eigenvalue weighted by Gasteiger charge is 2.13. The van der Waals surface area contributed by atoms with Crippen molar-refractivity contribution in [3.8, 4) is 17.6 Å². The number of nitro groups is 1. The predicted molar refractivity (Wildman–Crippen MR) is 81.4 cm³/mol. The van der Waals surface area contributed by atoms with Gasteiger partial charge in [0.2, 0.25) is 0 Å². The maximum Gasteiger partial charge on any atom is 0.287 e. The van der Waals surface area contributed by atoms with Crippen LogP contribution in [0.4, 0.5) is 17.1 Å². The van der Waals surface area contributed by atoms with E-state index in [4.69, 9.17) is 5.26 Å². The monoisotopic (exact) mass is 324 g/mol. The van der Waals surface area contributed by atoms with E-state index in [-0.39, 0.29) is 39.9 Å². The summed E-state index contributed by atoms with van der Waals surface area (Å²) in [5, 5.41) is 51.3. The third-order valence-electron chi connectivity index (χ3n) is 3.28. The summed E-state index contributed by atoms with van der Waals surface area (Å²) >= 11 is 0. The van der Waals surface area contributed by atoms with Gasteiger partial charge in [-0.05, 0) is 24.1 Å². The molecule has 0 aliphatic rings. The van der Waals surface area contributed by atoms with Gasteiger partial charge in [0.15, 0.2) is 0 Å². The predicted octanol–water partition coefficient (Wildman–Crippen LogP) is 3.15. The van der Waals surface area contributed by atoms with E-state index in [9.17, 15) is 20.3 Å². The van der Waals surface area contributed by atoms with E-state index < -0.39 is 10.7 Å². The molecule has 0 fully saturated rings. The summed E-state index contributed by atoms with van der Waals surface area (Å²) in [6.45, 7) is 3.46. The van der Waals surface area contributed by atoms with Gasteiger partial charge in [-0.3, -0.25) is 10.1 Å². The zero-order chi connectivity index (χ0) is 17.9. The van der Waals surface area contributed by atoms with Crippen LogP contribution in [-0.4, -0.2) is 4.92 Å². The number of hydrogen-bond donors (Lipinski definition) is 0. The highest BCUT2D eigenvalue weighted by atomic mass is 16.6. The van der Waals surface area contributed by atoms with Gasteiger partial charge >= 0.3 is 0 Å². The molecule has 8 heteroatoms. The Labute approximate surface area is 137 Å². The molecule has 0 amide bonds. The van der Waals surface area contributed by atoms with Crippen molar-refractivity contribution in [2.24, 2.45) is 10.2 Å². The minimum Gasteiger partial charge on any atom is -0.872 e. The first-order valence-corrected chi connectivity index (χ1v) is 6.96. The molecule has 2 aromatic carbocycles. The van der Waals surface area contributed by atoms with Gasteiger partial charge in [0, 0.05) is 6.07 Å². The number of nitriles is 1. The maximum absolute atomic E-state index is 12.2. The van der Waals surface area contributed by atoms with Crippen molar-refractivity contribution in [1.82, 2.24) is 0 Å². The SMILES string of the molecule is CC(C)c1c([O-])ccc(N=Nc2ccc([N+](=O)[O-])c(C#N)c2)c1[O-]. The third kappa shape index (κ3) is 3.30. The Morgan fingerprint density at radius 1 is 1.17 bits per heavy atom. The lowest BCUT2D eigenvalue weighted by atomic mass is 10.00. The number of hydrogen-bond acceptors (Lipinski definition) is 7. The topological polar surface area (TPSA) is 138 Å². The quantitative estimate of drug-likeness (QED) is 0.483. The van der Waals surface area contributed by atoms with Gasteiger partial charge in [-0.15, -0.1) is 5.75 Å². The lowest BCUT2D eigenvalue weighted by Gasteiger charge is -2.25. The van der Waals surface area contributed by atoms with Crippen molar-refractivity contribution in [1.29, 1.82) is 5.26 Å². The summed E-state index contributed by atoms with van der Waals surface area (Å²) in [6, 6.07) is 7.91. The largest absolute Gasteiger partial charge is 0.872 e. The number of nitro benzene ring substituents is 1. The van der Waals surface area contributed by atoms with E-state index in [0.29, 0.717) is 0 Å². The first-order chi connectivity index (χ1) is 11.3. The first kappa shape index (κ1) is 16.9. The molecular formula is C16H12N4O4-2. The molecule has 8 nitrogen and oxygen atoms in total. The van der Waals surface area contributed by atoms with Gasteiger partial charge < -0.3 is 10.2 Å². The van der Waals surface area contributed by atoms with E-state index in [2.05, 4.69) is 10.2 Å². The lowest BCUT2D eigenvalue weighted by Crippen LogP contribution is -2.04. The molecule has 0 unspecified atom stereocenters. The molecule has 0 aromatic heterocycles. The van der Waals surface area contributed by atoms with Crippen LogP contribution < -0.4 is 10.2 Å². The smallest absolute Gasteiger partial charge is 0.287 e. The van der Waals surface area contributed by atoms with Crippen LogP contribution in [0.2, 0.25) is 0 Å². The summed E-state index contributed by atoms with van der Waals surface area (Å²) in [4.78, 5) is 10.1. The molecule has 2 rings (SSSR count). The van der Waals surface area contributed by atoms with Crippen LogP contribution in [0.15, 0.2) is 40.6 Å². The Kier molecular flexibility index (Phi) is 4.75. The second-order valence-electron chi connectivity index (χ2n) is 5.25. The Hall–Kier alpha value is -3.47. The standard InChI is InChI=1S/C16H14N4O4/c1-9(2)15-14(21)6-4-12(16(15)22)19-18-11-3-5-13(20(23)24)10(7-11)8-17/h3-7,9,21-22H,1-2H3/p-2. The van der Waals surface area contributed by atoms with Crippen LogP contribution in [0.5, 0.6) is 11.5 Å². The number of nitrogens with zero attached hydrogens (tertiary/aromatic N) is 4. The summed E-state index contributed by atoms with van der Waals surface area (Å²) in [5.41, 5.74) is -0.174. The Bertz CT molecular complexity index is 869. The molecule has 0 bridgehead atoms. The molecule has 0 saturated heterocycles. The van der Waals surface area contributed by atoms with Crippen molar-refractivity contribution in [2.75, 3.05) is 0 Å². The molecule has 122 valence electrons. The average Bonchev–Trinajstić information content (AvgIpc) is 2.53. The fraction of sp³-hybridized carbons (Fsp3) is 0.188. The molecule has 0 atom stereocenters. The van der Waals surface area contributed by atoms with Gasteiger partial charge in [0.1, 0.15) is 11.6 Å². The summed E-state index contributed by atoms with van der Waals surface area (Å²) in [5.74, 6) is -1.09. The molecule has 0 aliphatic carbocycles. The molecule has 0 aliphatic heterocycles. The zero-order valence-electron chi connectivity index (χ0n) is 12.9. The molecule has 0 saturated carbocycles. The highest BCUT2D eigenvalue weighted by Crippen LogP contribution is 2.38. The molecular weight excluding hydrogens is 312 g/mol. The molecule has 0 heterocycles. The number of azo groups is 1. The molecule has 0 radical (unpaired) electrons. The number of rotatable bonds is 4. The van der Waals surface area contributed by atoms with Gasteiger partial charge in [-0.1, -0.05) is 31.2 Å². The average molecular weight is 324 g/mol. The summed E-state index contributed by atoms with van der Waals surface area (Å²) < 4.78 is 0. The van der Waals surface area contributed by atoms with E-state index in [1.807, 2.05) is 0 Å². The zero-order valence-corrected chi connectivity index (χ0v) is 12.9. The minimum absolute atomic E-state index is 0.00448. The Morgan fingerprint density at radius 3 is 2.46 bits per heavy atom. The van der Waals surface area contributed by atoms with Gasteiger partial charge in [-0.2, -0.15) is 15.5 Å². The van der Waals surface area contributed by atoms with Gasteiger partial charge in [0.25, 0.3) is 5.69 Å². The van der Waals surface area contributed by atoms with E-state index in [1.165, 1.54) is 24.3 Å². The summed E-state index contributed by atoms with van der Waals surface area (Å²) in [6.07, 6.45) is 0. The van der Waals surface area contributed by atoms with Crippen molar-refractivity contribution < 1.29 is 15.1 Å². The van der Waals surface area contributed by atoms with Gasteiger partial charge in [-0.25, -0.2) is 0 Å². The third-order valence-corrected chi connectivity index (χ3v) is 3.28. The molecule has 24 heavy (non-hydrogen) atoms. The van der Waals surface area contributed by atoms with Crippen LogP contribution in [0.25, 0.3) is 0 Å². The highest BCUT2D eigenvalue weighted by molar-refractivity contribution is 5.60. The Morgan fingerprint density at radius 2 is 1.88 bits per heavy atom. The van der Waals surface area contributed by atoms with E-state index >= 15 is 0 Å². The van der Waals surface area contributed by atoms with Crippen molar-refractivity contribution in [3.05, 3.63) is 51.6 Å². The molecule has 0 N–H and O–H groups in total. The van der Waals surface area contributed by atoms with Crippen molar-refractivity contribution in [2.45, 2.75) is 19.8 Å². The summed E-state index contributed by atoms with van der Waals surface area (Å²) in [7, 11) is 0. The second kappa shape index (κ2) is 6.75. The minimum atomic E-state index is -0.670. The van der Waals surface area contributed by atoms with E-state index in [0.717, 1.165) is 6.07 Å². The molecule has 2 aromatic rings. The van der Waals surface area contributed by atoms with Gasteiger partial charge in [0.05, 0.1) is 16.3 Å². The fourth-order valence-electron chi connectivity index (χ4n) is 2.14. The second-order valence-corrected chi connectivity index (χ2v) is 5.25. The van der Waals surface area contributed by atoms with E-state index in [1.54, 1.807) is 19.9 Å². The van der Waals surface area contributed by atoms with Crippen LogP contribution in [0.3, 0.4) is 0 Å². The first-order valence-electron chi connectivity index (χ1n) is 6.96. The van der Waals surface area contributed by atoms with Crippen LogP contribution in [0, 0.1) is 21.4 Å². The Balaban J connectivity index is 2.41.